The molecule has 0 amide bonds. The second-order valence-corrected chi connectivity index (χ2v) is 5.92. The van der Waals surface area contributed by atoms with Gasteiger partial charge in [0.15, 0.2) is 0 Å². The van der Waals surface area contributed by atoms with E-state index in [-0.39, 0.29) is 18.7 Å². The van der Waals surface area contributed by atoms with E-state index in [1.165, 1.54) is 7.11 Å². The Balaban J connectivity index is 2.25. The normalized spacial score (nSPS) is 18.3. The molecule has 6 heteroatoms. The first kappa shape index (κ1) is 19.4. The minimum atomic E-state index is -1.12. The summed E-state index contributed by atoms with van der Waals surface area (Å²) in [6, 6.07) is -0.542. The van der Waals surface area contributed by atoms with Crippen LogP contribution in [0.1, 0.15) is 64.2 Å². The quantitative estimate of drug-likeness (QED) is 0.288. The zero-order chi connectivity index (χ0) is 16.2. The van der Waals surface area contributed by atoms with Gasteiger partial charge in [-0.25, -0.2) is 0 Å². The summed E-state index contributed by atoms with van der Waals surface area (Å²) in [7, 11) is 1.35. The Kier molecular flexibility index (Phi) is 10.4. The number of carbonyl (C=O) groups is 1. The molecular weight excluding hydrogens is 286 g/mol. The highest BCUT2D eigenvalue weighted by Gasteiger charge is 2.24. The Hall–Kier alpha value is -0.690. The van der Waals surface area contributed by atoms with Crippen molar-refractivity contribution in [2.24, 2.45) is 0 Å². The van der Waals surface area contributed by atoms with Gasteiger partial charge in [0.05, 0.1) is 13.2 Å². The van der Waals surface area contributed by atoms with Gasteiger partial charge in [-0.05, 0) is 25.7 Å². The lowest BCUT2D eigenvalue weighted by Crippen LogP contribution is -2.46. The second kappa shape index (κ2) is 11.8. The summed E-state index contributed by atoms with van der Waals surface area (Å²) in [6.07, 6.45) is 8.49. The molecule has 1 saturated carbocycles. The van der Waals surface area contributed by atoms with Gasteiger partial charge >= 0.3 is 5.97 Å². The first-order chi connectivity index (χ1) is 10.7. The van der Waals surface area contributed by atoms with Crippen molar-refractivity contribution in [1.29, 1.82) is 0 Å². The van der Waals surface area contributed by atoms with Crippen LogP contribution in [0.5, 0.6) is 0 Å². The molecular formula is C16H31NO5. The van der Waals surface area contributed by atoms with Crippen molar-refractivity contribution in [2.75, 3.05) is 13.7 Å². The largest absolute Gasteiger partial charge is 0.468 e. The molecule has 0 radical (unpaired) electrons. The number of esters is 1. The molecule has 0 aromatic rings. The van der Waals surface area contributed by atoms with Crippen molar-refractivity contribution in [3.63, 3.8) is 0 Å². The van der Waals surface area contributed by atoms with E-state index in [1.54, 1.807) is 0 Å². The minimum absolute atomic E-state index is 0.0827. The molecule has 2 atom stereocenters. The summed E-state index contributed by atoms with van der Waals surface area (Å²) in [5.41, 5.74) is 0. The van der Waals surface area contributed by atoms with E-state index in [1.807, 2.05) is 0 Å². The molecule has 1 aliphatic carbocycles. The molecule has 0 aromatic carbocycles. The van der Waals surface area contributed by atoms with E-state index >= 15 is 0 Å². The van der Waals surface area contributed by atoms with Gasteiger partial charge in [-0.1, -0.05) is 38.5 Å². The monoisotopic (exact) mass is 317 g/mol. The second-order valence-electron chi connectivity index (χ2n) is 5.92. The zero-order valence-electron chi connectivity index (χ0n) is 13.6. The molecule has 1 aliphatic rings. The van der Waals surface area contributed by atoms with Crippen LogP contribution < -0.4 is 5.32 Å². The van der Waals surface area contributed by atoms with Gasteiger partial charge in [-0.2, -0.15) is 0 Å². The Labute approximate surface area is 133 Å². The van der Waals surface area contributed by atoms with Crippen LogP contribution in [0.15, 0.2) is 0 Å². The first-order valence-corrected chi connectivity index (χ1v) is 8.45. The van der Waals surface area contributed by atoms with Crippen molar-refractivity contribution in [3.8, 4) is 0 Å². The van der Waals surface area contributed by atoms with Crippen molar-refractivity contribution in [3.05, 3.63) is 0 Å². The fourth-order valence-corrected chi connectivity index (χ4v) is 2.82. The third-order valence-electron chi connectivity index (χ3n) is 4.10. The number of ether oxygens (including phenoxy) is 2. The average Bonchev–Trinajstić information content (AvgIpc) is 3.01. The summed E-state index contributed by atoms with van der Waals surface area (Å²) >= 11 is 0. The van der Waals surface area contributed by atoms with Crippen LogP contribution in [0.4, 0.5) is 0 Å². The number of hydrogen-bond acceptors (Lipinski definition) is 6. The number of aliphatic hydroxyl groups excluding tert-OH is 2. The Morgan fingerprint density at radius 1 is 1.18 bits per heavy atom. The van der Waals surface area contributed by atoms with Crippen LogP contribution in [0, 0.1) is 0 Å². The molecule has 1 unspecified atom stereocenters. The van der Waals surface area contributed by atoms with Crippen LogP contribution >= 0.6 is 0 Å². The van der Waals surface area contributed by atoms with E-state index in [0.717, 1.165) is 57.8 Å². The summed E-state index contributed by atoms with van der Waals surface area (Å²) < 4.78 is 10.3. The smallest absolute Gasteiger partial charge is 0.323 e. The van der Waals surface area contributed by atoms with Crippen molar-refractivity contribution >= 4 is 5.97 Å². The zero-order valence-corrected chi connectivity index (χ0v) is 13.6. The lowest BCUT2D eigenvalue weighted by molar-refractivity contribution is -0.168. The lowest BCUT2D eigenvalue weighted by Gasteiger charge is -2.23. The molecule has 1 rings (SSSR count). The van der Waals surface area contributed by atoms with Crippen LogP contribution in [0.3, 0.4) is 0 Å². The molecule has 0 heterocycles. The summed E-state index contributed by atoms with van der Waals surface area (Å²) in [5.74, 6) is -0.371. The van der Waals surface area contributed by atoms with Crippen LogP contribution in [-0.2, 0) is 14.3 Å². The van der Waals surface area contributed by atoms with Gasteiger partial charge in [0.2, 0.25) is 6.41 Å². The molecule has 1 fully saturated rings. The van der Waals surface area contributed by atoms with E-state index < -0.39 is 12.5 Å². The average molecular weight is 317 g/mol. The number of hydrogen-bond donors (Lipinski definition) is 3. The SMILES string of the molecule is COC(=O)[C@H](CCCCCCCO)NC(O)OC1CCCC1. The molecule has 3 N–H and O–H groups in total. The van der Waals surface area contributed by atoms with E-state index in [4.69, 9.17) is 14.6 Å². The number of nitrogens with one attached hydrogen (secondary N) is 1. The maximum absolute atomic E-state index is 11.8. The highest BCUT2D eigenvalue weighted by atomic mass is 16.6. The van der Waals surface area contributed by atoms with E-state index in [2.05, 4.69) is 5.32 Å². The van der Waals surface area contributed by atoms with E-state index in [9.17, 15) is 9.90 Å². The first-order valence-electron chi connectivity index (χ1n) is 8.45. The van der Waals surface area contributed by atoms with Crippen molar-refractivity contribution < 1.29 is 24.5 Å². The standard InChI is InChI=1S/C16H31NO5/c1-21-15(19)14(11-5-3-2-4-8-12-18)17-16(20)22-13-9-6-7-10-13/h13-14,16-18,20H,2-12H2,1H3/t14-,16?/m0/s1. The molecule has 0 aromatic heterocycles. The molecule has 22 heavy (non-hydrogen) atoms. The highest BCUT2D eigenvalue weighted by molar-refractivity contribution is 5.75. The minimum Gasteiger partial charge on any atom is -0.468 e. The van der Waals surface area contributed by atoms with Gasteiger partial charge in [-0.3, -0.25) is 10.1 Å². The topological polar surface area (TPSA) is 88.0 Å². The molecule has 0 bridgehead atoms. The van der Waals surface area contributed by atoms with Crippen LogP contribution in [0.2, 0.25) is 0 Å². The van der Waals surface area contributed by atoms with Gasteiger partial charge in [0.1, 0.15) is 6.04 Å². The fraction of sp³-hybridized carbons (Fsp3) is 0.938. The highest BCUT2D eigenvalue weighted by Crippen LogP contribution is 2.21. The summed E-state index contributed by atoms with van der Waals surface area (Å²) in [4.78, 5) is 11.8. The molecule has 0 aliphatic heterocycles. The van der Waals surface area contributed by atoms with Crippen molar-refractivity contribution in [2.45, 2.75) is 82.8 Å². The maximum Gasteiger partial charge on any atom is 0.323 e. The van der Waals surface area contributed by atoms with Crippen molar-refractivity contribution in [1.82, 2.24) is 5.32 Å². The number of unbranched alkanes of at least 4 members (excludes halogenated alkanes) is 4. The summed E-state index contributed by atoms with van der Waals surface area (Å²) in [5, 5.41) is 21.5. The molecule has 6 nitrogen and oxygen atoms in total. The molecule has 0 spiro atoms. The predicted molar refractivity (Wildman–Crippen MR) is 83.1 cm³/mol. The number of aliphatic hydroxyl groups is 2. The van der Waals surface area contributed by atoms with Crippen LogP contribution in [-0.4, -0.2) is 48.5 Å². The van der Waals surface area contributed by atoms with E-state index in [0.29, 0.717) is 6.42 Å². The fourth-order valence-electron chi connectivity index (χ4n) is 2.82. The van der Waals surface area contributed by atoms with Gasteiger partial charge in [0.25, 0.3) is 0 Å². The van der Waals surface area contributed by atoms with Crippen LogP contribution in [0.25, 0.3) is 0 Å². The maximum atomic E-state index is 11.8. The Morgan fingerprint density at radius 3 is 2.45 bits per heavy atom. The third-order valence-corrected chi connectivity index (χ3v) is 4.10. The molecule has 130 valence electrons. The predicted octanol–water partition coefficient (Wildman–Crippen LogP) is 1.69. The number of carbonyl (C=O) groups excluding carboxylic acids is 1. The lowest BCUT2D eigenvalue weighted by atomic mass is 10.1. The number of rotatable bonds is 12. The molecule has 0 saturated heterocycles. The Bertz CT molecular complexity index is 294. The van der Waals surface area contributed by atoms with Gasteiger partial charge in [0, 0.05) is 6.61 Å². The third kappa shape index (κ3) is 8.08. The summed E-state index contributed by atoms with van der Waals surface area (Å²) in [6.45, 7) is 0.233. The number of methoxy groups -OCH3 is 1. The Morgan fingerprint density at radius 2 is 1.82 bits per heavy atom. The van der Waals surface area contributed by atoms with Gasteiger partial charge in [-0.15, -0.1) is 0 Å². The van der Waals surface area contributed by atoms with Gasteiger partial charge < -0.3 is 19.7 Å².